The summed E-state index contributed by atoms with van der Waals surface area (Å²) in [5, 5.41) is 3.45. The maximum Gasteiger partial charge on any atom is 0.150 e. The molecule has 0 saturated heterocycles. The first-order valence-electron chi connectivity index (χ1n) is 6.13. The van der Waals surface area contributed by atoms with Crippen LogP contribution in [-0.4, -0.2) is 14.5 Å². The minimum Gasteiger partial charge on any atom is -0.360 e. The van der Waals surface area contributed by atoms with Crippen molar-refractivity contribution < 1.29 is 0 Å². The third-order valence-electron chi connectivity index (χ3n) is 3.61. The van der Waals surface area contributed by atoms with Crippen LogP contribution in [0.5, 0.6) is 0 Å². The van der Waals surface area contributed by atoms with E-state index in [0.717, 1.165) is 11.5 Å². The molecule has 1 aliphatic carbocycles. The van der Waals surface area contributed by atoms with Crippen molar-refractivity contribution in [3.63, 3.8) is 0 Å². The van der Waals surface area contributed by atoms with E-state index >= 15 is 0 Å². The molecule has 0 amide bonds. The predicted octanol–water partition coefficient (Wildman–Crippen LogP) is 2.63. The number of rotatable bonds is 1. The highest BCUT2D eigenvalue weighted by atomic mass is 15.2. The lowest BCUT2D eigenvalue weighted by Crippen LogP contribution is -2.20. The zero-order chi connectivity index (χ0) is 11.4. The lowest BCUT2D eigenvalue weighted by atomic mass is 10.1. The maximum absolute atomic E-state index is 4.60. The van der Waals surface area contributed by atoms with E-state index in [0.29, 0.717) is 5.92 Å². The molecule has 17 heavy (non-hydrogen) atoms. The highest BCUT2D eigenvalue weighted by molar-refractivity contribution is 5.61. The molecule has 1 unspecified atom stereocenters. The van der Waals surface area contributed by atoms with Crippen LogP contribution in [-0.2, 0) is 0 Å². The monoisotopic (exact) mass is 226 g/mol. The third-order valence-corrected chi connectivity index (χ3v) is 3.61. The van der Waals surface area contributed by atoms with Crippen molar-refractivity contribution in [2.45, 2.75) is 31.7 Å². The molecular formula is C13H14N4. The molecule has 0 radical (unpaired) electrons. The number of anilines is 1. The van der Waals surface area contributed by atoms with Crippen molar-refractivity contribution in [1.29, 1.82) is 0 Å². The van der Waals surface area contributed by atoms with Crippen LogP contribution in [0.4, 0.5) is 5.82 Å². The maximum atomic E-state index is 4.60. The molecule has 3 heterocycles. The Balaban J connectivity index is 1.95. The molecule has 1 atom stereocenters. The summed E-state index contributed by atoms with van der Waals surface area (Å²) < 4.78 is 2.19. The summed E-state index contributed by atoms with van der Waals surface area (Å²) >= 11 is 0. The van der Waals surface area contributed by atoms with Crippen LogP contribution in [0.15, 0.2) is 24.7 Å². The summed E-state index contributed by atoms with van der Waals surface area (Å²) in [6.45, 7) is 2.18. The number of nitrogens with zero attached hydrogens (tertiary/aromatic N) is 3. The van der Waals surface area contributed by atoms with E-state index in [-0.39, 0.29) is 6.04 Å². The van der Waals surface area contributed by atoms with Gasteiger partial charge in [-0.25, -0.2) is 9.97 Å². The van der Waals surface area contributed by atoms with E-state index in [1.165, 1.54) is 24.2 Å². The first-order chi connectivity index (χ1) is 8.34. The minimum atomic E-state index is 0.287. The largest absolute Gasteiger partial charge is 0.360 e. The predicted molar refractivity (Wildman–Crippen MR) is 65.4 cm³/mol. The molecule has 86 valence electrons. The highest BCUT2D eigenvalue weighted by Crippen LogP contribution is 2.44. The summed E-state index contributed by atoms with van der Waals surface area (Å²) in [5.74, 6) is 1.64. The lowest BCUT2D eigenvalue weighted by molar-refractivity contribution is 0.749. The zero-order valence-electron chi connectivity index (χ0n) is 9.72. The van der Waals surface area contributed by atoms with Crippen LogP contribution >= 0.6 is 0 Å². The van der Waals surface area contributed by atoms with Gasteiger partial charge in [-0.3, -0.25) is 4.57 Å². The van der Waals surface area contributed by atoms with Gasteiger partial charge in [-0.05, 0) is 31.9 Å². The number of hydrogen-bond acceptors (Lipinski definition) is 3. The summed E-state index contributed by atoms with van der Waals surface area (Å²) in [6.07, 6.45) is 6.34. The van der Waals surface area contributed by atoms with Crippen molar-refractivity contribution in [3.8, 4) is 5.69 Å². The number of aromatic nitrogens is 3. The molecule has 1 aliphatic heterocycles. The fourth-order valence-electron chi connectivity index (χ4n) is 2.64. The van der Waals surface area contributed by atoms with E-state index in [2.05, 4.69) is 32.8 Å². The topological polar surface area (TPSA) is 42.7 Å². The highest BCUT2D eigenvalue weighted by Gasteiger charge is 2.33. The average Bonchev–Trinajstić information content (AvgIpc) is 3.08. The fourth-order valence-corrected chi connectivity index (χ4v) is 2.64. The molecule has 0 bridgehead atoms. The van der Waals surface area contributed by atoms with Gasteiger partial charge >= 0.3 is 0 Å². The Kier molecular flexibility index (Phi) is 1.68. The van der Waals surface area contributed by atoms with Crippen molar-refractivity contribution in [3.05, 3.63) is 36.0 Å². The van der Waals surface area contributed by atoms with E-state index in [1.54, 1.807) is 0 Å². The van der Waals surface area contributed by atoms with Gasteiger partial charge in [0.2, 0.25) is 0 Å². The standard InChI is InChI=1S/C13H14N4/c1-8-12-11(9-4-5-9)15-7-17(12)10-3-2-6-14-13(10)16-8/h2-3,6-9H,4-5H2,1H3,(H,14,16). The van der Waals surface area contributed by atoms with Crippen molar-refractivity contribution in [2.75, 3.05) is 5.32 Å². The molecule has 0 aromatic carbocycles. The number of nitrogens with one attached hydrogen (secondary N) is 1. The Hall–Kier alpha value is -1.84. The number of fused-ring (bicyclic) bond motifs is 3. The third kappa shape index (κ3) is 1.24. The molecule has 0 spiro atoms. The molecule has 4 heteroatoms. The lowest BCUT2D eigenvalue weighted by Gasteiger charge is -2.26. The molecular weight excluding hydrogens is 212 g/mol. The average molecular weight is 226 g/mol. The fraction of sp³-hybridized carbons (Fsp3) is 0.385. The van der Waals surface area contributed by atoms with Gasteiger partial charge in [0.05, 0.1) is 29.4 Å². The Bertz CT molecular complexity index is 583. The molecule has 1 N–H and O–H groups in total. The molecule has 2 aliphatic rings. The van der Waals surface area contributed by atoms with Crippen LogP contribution in [0, 0.1) is 0 Å². The second kappa shape index (κ2) is 3.09. The van der Waals surface area contributed by atoms with E-state index in [4.69, 9.17) is 0 Å². The Morgan fingerprint density at radius 3 is 3.06 bits per heavy atom. The van der Waals surface area contributed by atoms with Gasteiger partial charge in [0, 0.05) is 12.1 Å². The Morgan fingerprint density at radius 1 is 1.35 bits per heavy atom. The summed E-state index contributed by atoms with van der Waals surface area (Å²) in [4.78, 5) is 8.98. The minimum absolute atomic E-state index is 0.287. The quantitative estimate of drug-likeness (QED) is 0.812. The van der Waals surface area contributed by atoms with Gasteiger partial charge < -0.3 is 5.32 Å². The molecule has 4 rings (SSSR count). The molecule has 2 aromatic heterocycles. The molecule has 1 fully saturated rings. The van der Waals surface area contributed by atoms with E-state index < -0.39 is 0 Å². The van der Waals surface area contributed by atoms with Gasteiger partial charge in [0.1, 0.15) is 0 Å². The zero-order valence-corrected chi connectivity index (χ0v) is 9.72. The van der Waals surface area contributed by atoms with Crippen molar-refractivity contribution in [1.82, 2.24) is 14.5 Å². The van der Waals surface area contributed by atoms with Gasteiger partial charge in [-0.15, -0.1) is 0 Å². The van der Waals surface area contributed by atoms with Crippen LogP contribution in [0.25, 0.3) is 5.69 Å². The van der Waals surface area contributed by atoms with Crippen molar-refractivity contribution in [2.24, 2.45) is 0 Å². The number of imidazole rings is 1. The first kappa shape index (κ1) is 9.22. The van der Waals surface area contributed by atoms with E-state index in [1.807, 2.05) is 18.6 Å². The number of hydrogen-bond donors (Lipinski definition) is 1. The SMILES string of the molecule is CC1Nc2ncccc2-n2cnc(C3CC3)c21. The van der Waals surface area contributed by atoms with Gasteiger partial charge in [0.15, 0.2) is 5.82 Å². The van der Waals surface area contributed by atoms with Crippen LogP contribution in [0.3, 0.4) is 0 Å². The normalized spacial score (nSPS) is 21.6. The second-order valence-corrected chi connectivity index (χ2v) is 4.90. The van der Waals surface area contributed by atoms with Crippen LogP contribution < -0.4 is 5.32 Å². The number of pyridine rings is 1. The summed E-state index contributed by atoms with van der Waals surface area (Å²) in [5.41, 5.74) is 3.70. The van der Waals surface area contributed by atoms with Crippen LogP contribution in [0.1, 0.15) is 43.1 Å². The summed E-state index contributed by atoms with van der Waals surface area (Å²) in [6, 6.07) is 4.34. The van der Waals surface area contributed by atoms with Crippen molar-refractivity contribution >= 4 is 5.82 Å². The Labute approximate surface area is 99.7 Å². The van der Waals surface area contributed by atoms with Gasteiger partial charge in [0.25, 0.3) is 0 Å². The van der Waals surface area contributed by atoms with Gasteiger partial charge in [-0.2, -0.15) is 0 Å². The summed E-state index contributed by atoms with van der Waals surface area (Å²) in [7, 11) is 0. The van der Waals surface area contributed by atoms with Gasteiger partial charge in [-0.1, -0.05) is 0 Å². The Morgan fingerprint density at radius 2 is 2.24 bits per heavy atom. The molecule has 1 saturated carbocycles. The molecule has 2 aromatic rings. The second-order valence-electron chi connectivity index (χ2n) is 4.90. The smallest absolute Gasteiger partial charge is 0.150 e. The molecule has 4 nitrogen and oxygen atoms in total. The van der Waals surface area contributed by atoms with Crippen LogP contribution in [0.2, 0.25) is 0 Å². The van der Waals surface area contributed by atoms with E-state index in [9.17, 15) is 0 Å². The first-order valence-corrected chi connectivity index (χ1v) is 6.13.